The van der Waals surface area contributed by atoms with Crippen LogP contribution in [0.1, 0.15) is 52.6 Å². The van der Waals surface area contributed by atoms with Gasteiger partial charge in [0, 0.05) is 33.8 Å². The summed E-state index contributed by atoms with van der Waals surface area (Å²) in [6.45, 7) is 12.6. The molecule has 0 amide bonds. The average Bonchev–Trinajstić information content (AvgIpc) is 3.40. The van der Waals surface area contributed by atoms with Crippen LogP contribution in [0, 0.1) is 13.8 Å². The molecule has 4 heterocycles. The minimum absolute atomic E-state index is 0.0939. The molecule has 0 spiro atoms. The largest absolute Gasteiger partial charge is 0.483 e. The minimum Gasteiger partial charge on any atom is -0.483 e. The van der Waals surface area contributed by atoms with E-state index in [0.29, 0.717) is 0 Å². The van der Waals surface area contributed by atoms with Crippen molar-refractivity contribution in [3.63, 3.8) is 0 Å². The van der Waals surface area contributed by atoms with Crippen molar-refractivity contribution in [3.8, 4) is 17.0 Å². The van der Waals surface area contributed by atoms with Gasteiger partial charge in [-0.25, -0.2) is 15.0 Å². The van der Waals surface area contributed by atoms with Crippen molar-refractivity contribution in [2.45, 2.75) is 46.3 Å². The lowest BCUT2D eigenvalue weighted by molar-refractivity contribution is -0.0296. The van der Waals surface area contributed by atoms with E-state index in [4.69, 9.17) is 9.72 Å². The van der Waals surface area contributed by atoms with E-state index >= 15 is 0 Å². The van der Waals surface area contributed by atoms with E-state index in [1.165, 1.54) is 16.0 Å². The molecule has 1 unspecified atom stereocenters. The number of nitrogens with zero attached hydrogens (tertiary/aromatic N) is 4. The van der Waals surface area contributed by atoms with Crippen LogP contribution in [0.5, 0.6) is 5.75 Å². The summed E-state index contributed by atoms with van der Waals surface area (Å²) in [5, 5.41) is 5.95. The van der Waals surface area contributed by atoms with Gasteiger partial charge in [-0.2, -0.15) is 0 Å². The third-order valence-corrected chi connectivity index (χ3v) is 8.20. The molecule has 3 aromatic rings. The highest BCUT2D eigenvalue weighted by molar-refractivity contribution is 7.11. The molecule has 3 aliphatic rings. The van der Waals surface area contributed by atoms with Gasteiger partial charge in [-0.1, -0.05) is 18.2 Å². The van der Waals surface area contributed by atoms with Crippen LogP contribution in [0.15, 0.2) is 54.1 Å². The van der Waals surface area contributed by atoms with Crippen LogP contribution in [-0.4, -0.2) is 46.3 Å². The third kappa shape index (κ3) is 3.69. The molecule has 35 heavy (non-hydrogen) atoms. The van der Waals surface area contributed by atoms with Gasteiger partial charge in [0.1, 0.15) is 11.4 Å². The Kier molecular flexibility index (Phi) is 5.14. The number of carbonyl (C=O) groups excluding carboxylic acids is 1. The van der Waals surface area contributed by atoms with Crippen LogP contribution >= 0.6 is 11.3 Å². The number of carbonyl (C=O) groups is 1. The van der Waals surface area contributed by atoms with Gasteiger partial charge in [0.05, 0.1) is 30.1 Å². The van der Waals surface area contributed by atoms with Crippen molar-refractivity contribution in [2.24, 2.45) is 0 Å². The molecule has 0 aliphatic carbocycles. The van der Waals surface area contributed by atoms with Gasteiger partial charge in [-0.3, -0.25) is 4.79 Å². The summed E-state index contributed by atoms with van der Waals surface area (Å²) in [6, 6.07) is 14.6. The summed E-state index contributed by atoms with van der Waals surface area (Å²) >= 11 is 1.73. The number of hydrogen-bond acceptors (Lipinski definition) is 7. The lowest BCUT2D eigenvalue weighted by atomic mass is 9.82. The van der Waals surface area contributed by atoms with Gasteiger partial charge >= 0.3 is 0 Å². The zero-order chi connectivity index (χ0) is 24.5. The number of aryl methyl sites for hydroxylation is 2. The molecule has 0 radical (unpaired) electrons. The molecule has 6 nitrogen and oxygen atoms in total. The number of aromatic nitrogens is 1. The molecule has 7 heteroatoms. The van der Waals surface area contributed by atoms with Crippen molar-refractivity contribution in [3.05, 3.63) is 75.1 Å². The van der Waals surface area contributed by atoms with Gasteiger partial charge in [0.25, 0.3) is 0 Å². The molecule has 0 N–H and O–H groups in total. The smallest absolute Gasteiger partial charge is 0.159 e. The zero-order valence-corrected chi connectivity index (χ0v) is 21.6. The molecule has 0 saturated carbocycles. The van der Waals surface area contributed by atoms with Crippen LogP contribution < -0.4 is 9.64 Å². The highest BCUT2D eigenvalue weighted by Gasteiger charge is 2.47. The second-order valence-corrected chi connectivity index (χ2v) is 11.5. The van der Waals surface area contributed by atoms with Crippen LogP contribution in [0.2, 0.25) is 0 Å². The monoisotopic (exact) mass is 486 g/mol. The van der Waals surface area contributed by atoms with Crippen molar-refractivity contribution < 1.29 is 9.53 Å². The normalized spacial score (nSPS) is 21.1. The number of ether oxygens (including phenoxy) is 1. The number of fused-ring (bicyclic) bond motifs is 5. The number of thiazole rings is 1. The van der Waals surface area contributed by atoms with Gasteiger partial charge in [0.15, 0.2) is 5.78 Å². The fourth-order valence-electron chi connectivity index (χ4n) is 5.57. The SMILES string of the molecule is CC(=O)c1ccc(N2CN3CC=C4C(c5ccc(-c6nc(C)sc6C)cc5OC4(C)C)N3C2)cc1. The van der Waals surface area contributed by atoms with E-state index in [0.717, 1.165) is 53.1 Å². The molecular formula is C28H30N4O2S. The Morgan fingerprint density at radius 2 is 1.89 bits per heavy atom. The Morgan fingerprint density at radius 3 is 2.57 bits per heavy atom. The van der Waals surface area contributed by atoms with E-state index in [9.17, 15) is 4.79 Å². The summed E-state index contributed by atoms with van der Waals surface area (Å²) < 4.78 is 6.61. The number of Topliss-reactive ketones (excluding diaryl/α,β-unsaturated/α-hetero) is 1. The van der Waals surface area contributed by atoms with Gasteiger partial charge in [-0.15, -0.1) is 11.3 Å². The molecule has 3 aliphatic heterocycles. The van der Waals surface area contributed by atoms with Crippen molar-refractivity contribution in [2.75, 3.05) is 24.8 Å². The molecule has 0 bridgehead atoms. The van der Waals surface area contributed by atoms with E-state index < -0.39 is 5.60 Å². The molecule has 2 aromatic carbocycles. The lowest BCUT2D eigenvalue weighted by Gasteiger charge is -2.48. The molecular weight excluding hydrogens is 456 g/mol. The van der Waals surface area contributed by atoms with Gasteiger partial charge in [0.2, 0.25) is 0 Å². The molecule has 1 fully saturated rings. The molecule has 6 rings (SSSR count). The van der Waals surface area contributed by atoms with E-state index in [1.807, 2.05) is 12.1 Å². The number of ketones is 1. The summed E-state index contributed by atoms with van der Waals surface area (Å²) in [5.41, 5.74) is 6.13. The second kappa shape index (κ2) is 8.01. The Morgan fingerprint density at radius 1 is 1.11 bits per heavy atom. The molecule has 1 saturated heterocycles. The standard InChI is InChI=1S/C28H30N4O2S/c1-17(33)20-6-9-22(10-7-20)30-15-31-13-12-24-27(32(31)16-30)23-11-8-21(14-25(23)34-28(24,4)5)26-18(2)35-19(3)29-26/h6-12,14,27H,13,15-16H2,1-5H3. The lowest BCUT2D eigenvalue weighted by Crippen LogP contribution is -2.51. The highest BCUT2D eigenvalue weighted by Crippen LogP contribution is 2.50. The summed E-state index contributed by atoms with van der Waals surface area (Å²) in [7, 11) is 0. The first-order valence-corrected chi connectivity index (χ1v) is 12.9. The van der Waals surface area contributed by atoms with Crippen molar-refractivity contribution in [1.29, 1.82) is 0 Å². The van der Waals surface area contributed by atoms with Crippen LogP contribution in [0.4, 0.5) is 5.69 Å². The zero-order valence-electron chi connectivity index (χ0n) is 20.8. The second-order valence-electron chi connectivity index (χ2n) is 10.1. The fraction of sp³-hybridized carbons (Fsp3) is 0.357. The van der Waals surface area contributed by atoms with Gasteiger partial charge < -0.3 is 9.64 Å². The van der Waals surface area contributed by atoms with Crippen LogP contribution in [0.3, 0.4) is 0 Å². The highest BCUT2D eigenvalue weighted by atomic mass is 32.1. The Balaban J connectivity index is 1.36. The van der Waals surface area contributed by atoms with Crippen molar-refractivity contribution in [1.82, 2.24) is 15.0 Å². The number of hydrazine groups is 1. The fourth-order valence-corrected chi connectivity index (χ4v) is 6.41. The number of hydrogen-bond donors (Lipinski definition) is 0. The van der Waals surface area contributed by atoms with Crippen molar-refractivity contribution >= 4 is 22.8 Å². The maximum Gasteiger partial charge on any atom is 0.159 e. The minimum atomic E-state index is -0.397. The summed E-state index contributed by atoms with van der Waals surface area (Å²) in [5.74, 6) is 1.03. The Hall–Kier alpha value is -3.00. The molecule has 1 atom stereocenters. The Bertz CT molecular complexity index is 1360. The third-order valence-electron chi connectivity index (χ3n) is 7.31. The van der Waals surface area contributed by atoms with E-state index in [2.05, 4.69) is 79.0 Å². The average molecular weight is 487 g/mol. The molecule has 1 aromatic heterocycles. The van der Waals surface area contributed by atoms with Crippen LogP contribution in [-0.2, 0) is 0 Å². The predicted molar refractivity (Wildman–Crippen MR) is 140 cm³/mol. The van der Waals surface area contributed by atoms with E-state index in [1.54, 1.807) is 18.3 Å². The molecule has 180 valence electrons. The predicted octanol–water partition coefficient (Wildman–Crippen LogP) is 5.74. The maximum atomic E-state index is 11.7. The first kappa shape index (κ1) is 22.5. The summed E-state index contributed by atoms with van der Waals surface area (Å²) in [4.78, 5) is 20.1. The van der Waals surface area contributed by atoms with E-state index in [-0.39, 0.29) is 11.8 Å². The first-order valence-electron chi connectivity index (χ1n) is 12.1. The number of benzene rings is 2. The Labute approximate surface area is 210 Å². The number of rotatable bonds is 3. The number of anilines is 1. The first-order chi connectivity index (χ1) is 16.7. The van der Waals surface area contributed by atoms with Crippen LogP contribution in [0.25, 0.3) is 11.3 Å². The quantitative estimate of drug-likeness (QED) is 0.348. The topological polar surface area (TPSA) is 48.9 Å². The van der Waals surface area contributed by atoms with Gasteiger partial charge in [-0.05, 0) is 70.5 Å². The maximum absolute atomic E-state index is 11.7. The summed E-state index contributed by atoms with van der Waals surface area (Å²) in [6.07, 6.45) is 2.34.